The molecule has 4 N–H and O–H groups in total. The number of imidazole rings is 1. The summed E-state index contributed by atoms with van der Waals surface area (Å²) in [6.45, 7) is 2.68. The number of carbonyl (C=O) groups is 1. The molecule has 8 heteroatoms. The van der Waals surface area contributed by atoms with Gasteiger partial charge in [0.15, 0.2) is 5.82 Å². The molecular formula is C11H15N5O2S. The Balaban J connectivity index is 1.98. The Morgan fingerprint density at radius 3 is 3.16 bits per heavy atom. The Hall–Kier alpha value is -2.09. The zero-order valence-electron chi connectivity index (χ0n) is 10.5. The Kier molecular flexibility index (Phi) is 4.35. The van der Waals surface area contributed by atoms with E-state index in [2.05, 4.69) is 19.7 Å². The number of nitrogens with one attached hydrogen (secondary N) is 2. The van der Waals surface area contributed by atoms with Crippen molar-refractivity contribution in [2.45, 2.75) is 13.3 Å². The fourth-order valence-corrected chi connectivity index (χ4v) is 2.28. The summed E-state index contributed by atoms with van der Waals surface area (Å²) in [7, 11) is 0. The van der Waals surface area contributed by atoms with E-state index in [-0.39, 0.29) is 5.82 Å². The van der Waals surface area contributed by atoms with Crippen molar-refractivity contribution in [3.05, 3.63) is 23.8 Å². The molecule has 0 aliphatic carbocycles. The third-order valence-corrected chi connectivity index (χ3v) is 3.22. The second kappa shape index (κ2) is 6.19. The van der Waals surface area contributed by atoms with Crippen LogP contribution in [0.25, 0.3) is 0 Å². The third kappa shape index (κ3) is 3.22. The topological polar surface area (TPSA) is 106 Å². The summed E-state index contributed by atoms with van der Waals surface area (Å²) in [4.78, 5) is 18.9. The van der Waals surface area contributed by atoms with Crippen molar-refractivity contribution in [1.82, 2.24) is 14.3 Å². The summed E-state index contributed by atoms with van der Waals surface area (Å²) in [5.41, 5.74) is 5.99. The van der Waals surface area contributed by atoms with Crippen LogP contribution < -0.4 is 11.1 Å². The number of hydrogen-bond donors (Lipinski definition) is 3. The van der Waals surface area contributed by atoms with E-state index in [4.69, 9.17) is 10.5 Å². The highest BCUT2D eigenvalue weighted by molar-refractivity contribution is 7.11. The van der Waals surface area contributed by atoms with Crippen molar-refractivity contribution >= 4 is 28.3 Å². The molecule has 7 nitrogen and oxygen atoms in total. The lowest BCUT2D eigenvalue weighted by Gasteiger charge is -2.05. The molecule has 0 aliphatic rings. The third-order valence-electron chi connectivity index (χ3n) is 2.40. The number of nitrogens with two attached hydrogens (primary N) is 1. The molecule has 0 radical (unpaired) electrons. The molecule has 19 heavy (non-hydrogen) atoms. The van der Waals surface area contributed by atoms with Gasteiger partial charge in [0.1, 0.15) is 16.4 Å². The van der Waals surface area contributed by atoms with E-state index in [1.54, 1.807) is 19.3 Å². The fraction of sp³-hybridized carbons (Fsp3) is 0.364. The van der Waals surface area contributed by atoms with Crippen molar-refractivity contribution < 1.29 is 9.53 Å². The zero-order valence-corrected chi connectivity index (χ0v) is 11.3. The summed E-state index contributed by atoms with van der Waals surface area (Å²) >= 11 is 1.15. The van der Waals surface area contributed by atoms with Crippen molar-refractivity contribution in [1.29, 1.82) is 0 Å². The molecule has 0 saturated carbocycles. The predicted molar refractivity (Wildman–Crippen MR) is 73.3 cm³/mol. The summed E-state index contributed by atoms with van der Waals surface area (Å²) in [5, 5.41) is 3.75. The number of aromatic nitrogens is 3. The van der Waals surface area contributed by atoms with Gasteiger partial charge < -0.3 is 20.8 Å². The van der Waals surface area contributed by atoms with Gasteiger partial charge in [-0.1, -0.05) is 0 Å². The van der Waals surface area contributed by atoms with Crippen LogP contribution in [0.2, 0.25) is 0 Å². The lowest BCUT2D eigenvalue weighted by Crippen LogP contribution is -2.11. The second-order valence-corrected chi connectivity index (χ2v) is 4.48. The van der Waals surface area contributed by atoms with E-state index in [1.807, 2.05) is 0 Å². The fourth-order valence-electron chi connectivity index (χ4n) is 1.55. The molecule has 2 aromatic heterocycles. The van der Waals surface area contributed by atoms with Crippen LogP contribution in [0.5, 0.6) is 0 Å². The van der Waals surface area contributed by atoms with E-state index in [0.29, 0.717) is 30.1 Å². The van der Waals surface area contributed by atoms with Crippen LogP contribution in [0.4, 0.5) is 10.8 Å². The maximum Gasteiger partial charge on any atom is 0.344 e. The smallest absolute Gasteiger partial charge is 0.344 e. The first kappa shape index (κ1) is 13.3. The largest absolute Gasteiger partial charge is 0.462 e. The highest BCUT2D eigenvalue weighted by atomic mass is 32.1. The minimum atomic E-state index is -0.450. The van der Waals surface area contributed by atoms with Crippen LogP contribution in [0, 0.1) is 0 Å². The van der Waals surface area contributed by atoms with Crippen LogP contribution in [0.1, 0.15) is 23.1 Å². The van der Waals surface area contributed by atoms with Crippen molar-refractivity contribution in [3.8, 4) is 0 Å². The minimum absolute atomic E-state index is 0.198. The SMILES string of the molecule is CCOC(=O)c1c(N)nsc1NCCc1ncc[nH]1. The van der Waals surface area contributed by atoms with Gasteiger partial charge in [-0.3, -0.25) is 0 Å². The van der Waals surface area contributed by atoms with Crippen molar-refractivity contribution in [2.75, 3.05) is 24.2 Å². The molecule has 0 bridgehead atoms. The van der Waals surface area contributed by atoms with E-state index in [9.17, 15) is 4.79 Å². The van der Waals surface area contributed by atoms with Gasteiger partial charge in [0.05, 0.1) is 6.61 Å². The first-order chi connectivity index (χ1) is 9.22. The van der Waals surface area contributed by atoms with Gasteiger partial charge in [-0.05, 0) is 18.5 Å². The average Bonchev–Trinajstić information content (AvgIpc) is 3.00. The van der Waals surface area contributed by atoms with Crippen molar-refractivity contribution in [3.63, 3.8) is 0 Å². The maximum atomic E-state index is 11.7. The van der Waals surface area contributed by atoms with Crippen LogP contribution in [-0.2, 0) is 11.2 Å². The second-order valence-electron chi connectivity index (χ2n) is 3.71. The summed E-state index contributed by atoms with van der Waals surface area (Å²) < 4.78 is 8.92. The van der Waals surface area contributed by atoms with Crippen LogP contribution in [-0.4, -0.2) is 33.5 Å². The van der Waals surface area contributed by atoms with Gasteiger partial charge in [-0.25, -0.2) is 9.78 Å². The number of hydrogen-bond acceptors (Lipinski definition) is 7. The average molecular weight is 281 g/mol. The Morgan fingerprint density at radius 2 is 2.47 bits per heavy atom. The number of esters is 1. The number of rotatable bonds is 6. The molecule has 0 spiro atoms. The van der Waals surface area contributed by atoms with Crippen LogP contribution in [0.15, 0.2) is 12.4 Å². The number of carbonyl (C=O) groups excluding carboxylic acids is 1. The maximum absolute atomic E-state index is 11.7. The molecule has 0 fully saturated rings. The van der Waals surface area contributed by atoms with Crippen LogP contribution in [0.3, 0.4) is 0 Å². The van der Waals surface area contributed by atoms with Gasteiger partial charge in [-0.15, -0.1) is 0 Å². The van der Waals surface area contributed by atoms with E-state index >= 15 is 0 Å². The predicted octanol–water partition coefficient (Wildman–Crippen LogP) is 1.28. The molecule has 102 valence electrons. The number of nitrogen functional groups attached to an aromatic ring is 1. The number of H-pyrrole nitrogens is 1. The van der Waals surface area contributed by atoms with E-state index in [0.717, 1.165) is 17.4 Å². The normalized spacial score (nSPS) is 10.4. The molecule has 2 rings (SSSR count). The number of nitrogens with zero attached hydrogens (tertiary/aromatic N) is 2. The molecule has 0 amide bonds. The number of anilines is 2. The van der Waals surface area contributed by atoms with Gasteiger partial charge >= 0.3 is 5.97 Å². The molecule has 2 heterocycles. The van der Waals surface area contributed by atoms with Crippen LogP contribution >= 0.6 is 11.5 Å². The van der Waals surface area contributed by atoms with Gasteiger partial charge in [-0.2, -0.15) is 4.37 Å². The summed E-state index contributed by atoms with van der Waals surface area (Å²) in [6.07, 6.45) is 4.18. The Labute approximate surface area is 114 Å². The monoisotopic (exact) mass is 281 g/mol. The van der Waals surface area contributed by atoms with Crippen molar-refractivity contribution in [2.24, 2.45) is 0 Å². The zero-order chi connectivity index (χ0) is 13.7. The molecule has 0 saturated heterocycles. The van der Waals surface area contributed by atoms with Gasteiger partial charge in [0, 0.05) is 25.4 Å². The van der Waals surface area contributed by atoms with E-state index < -0.39 is 5.97 Å². The first-order valence-corrected chi connectivity index (χ1v) is 6.64. The highest BCUT2D eigenvalue weighted by Gasteiger charge is 2.20. The molecule has 2 aromatic rings. The molecule has 0 atom stereocenters. The Bertz CT molecular complexity index is 537. The minimum Gasteiger partial charge on any atom is -0.462 e. The number of aromatic amines is 1. The van der Waals surface area contributed by atoms with E-state index in [1.165, 1.54) is 0 Å². The lowest BCUT2D eigenvalue weighted by atomic mass is 10.3. The molecule has 0 unspecified atom stereocenters. The number of ether oxygens (including phenoxy) is 1. The van der Waals surface area contributed by atoms with Gasteiger partial charge in [0.2, 0.25) is 0 Å². The molecule has 0 aliphatic heterocycles. The lowest BCUT2D eigenvalue weighted by molar-refractivity contribution is 0.0529. The molecule has 0 aromatic carbocycles. The quantitative estimate of drug-likeness (QED) is 0.689. The Morgan fingerprint density at radius 1 is 1.63 bits per heavy atom. The first-order valence-electron chi connectivity index (χ1n) is 5.86. The summed E-state index contributed by atoms with van der Waals surface area (Å²) in [6, 6.07) is 0. The van der Waals surface area contributed by atoms with Gasteiger partial charge in [0.25, 0.3) is 0 Å². The highest BCUT2D eigenvalue weighted by Crippen LogP contribution is 2.27. The standard InChI is InChI=1S/C11H15N5O2S/c1-2-18-11(17)8-9(12)16-19-10(8)15-4-3-7-13-5-6-14-7/h5-6,15H,2-4H2,1H3,(H2,12,16)(H,13,14). The summed E-state index contributed by atoms with van der Waals surface area (Å²) in [5.74, 6) is 0.626. The molecular weight excluding hydrogens is 266 g/mol.